The number of morpholine rings is 1. The second kappa shape index (κ2) is 11.1. The molecule has 5 rings (SSSR count). The third kappa shape index (κ3) is 5.60. The molecule has 2 aromatic heterocycles. The van der Waals surface area contributed by atoms with Crippen molar-refractivity contribution in [2.24, 2.45) is 10.1 Å². The lowest BCUT2D eigenvalue weighted by atomic mass is 10.1. The van der Waals surface area contributed by atoms with Gasteiger partial charge in [0.1, 0.15) is 0 Å². The molecular formula is C25H22N6O5S2. The lowest BCUT2D eigenvalue weighted by molar-refractivity contribution is -0.384. The van der Waals surface area contributed by atoms with Gasteiger partial charge >= 0.3 is 0 Å². The van der Waals surface area contributed by atoms with Crippen LogP contribution in [0.5, 0.6) is 0 Å². The molecule has 1 aliphatic heterocycles. The van der Waals surface area contributed by atoms with Crippen molar-refractivity contribution in [2.45, 2.75) is 4.90 Å². The van der Waals surface area contributed by atoms with Gasteiger partial charge in [0.05, 0.1) is 40.6 Å². The van der Waals surface area contributed by atoms with Crippen LogP contribution < -0.4 is 4.80 Å². The number of nitro groups is 1. The summed E-state index contributed by atoms with van der Waals surface area (Å²) >= 11 is 1.34. The number of aromatic nitrogens is 2. The number of nitro benzene ring substituents is 1. The molecule has 0 atom stereocenters. The molecule has 0 spiro atoms. The molecule has 38 heavy (non-hydrogen) atoms. The van der Waals surface area contributed by atoms with E-state index in [-0.39, 0.29) is 10.6 Å². The van der Waals surface area contributed by atoms with Gasteiger partial charge in [-0.3, -0.25) is 15.1 Å². The first-order valence-corrected chi connectivity index (χ1v) is 13.9. The van der Waals surface area contributed by atoms with Crippen LogP contribution in [-0.4, -0.2) is 59.8 Å². The molecular weight excluding hydrogens is 528 g/mol. The molecule has 1 fully saturated rings. The third-order valence-corrected chi connectivity index (χ3v) is 8.46. The van der Waals surface area contributed by atoms with E-state index in [1.165, 1.54) is 39.9 Å². The summed E-state index contributed by atoms with van der Waals surface area (Å²) in [6, 6.07) is 16.2. The van der Waals surface area contributed by atoms with Crippen LogP contribution in [-0.2, 0) is 14.8 Å². The van der Waals surface area contributed by atoms with Crippen molar-refractivity contribution in [3.63, 3.8) is 0 Å². The van der Waals surface area contributed by atoms with Crippen molar-refractivity contribution < 1.29 is 18.1 Å². The van der Waals surface area contributed by atoms with Gasteiger partial charge in [-0.1, -0.05) is 6.07 Å². The molecule has 0 amide bonds. The molecule has 0 saturated carbocycles. The summed E-state index contributed by atoms with van der Waals surface area (Å²) in [6.45, 7) is 1.40. The highest BCUT2D eigenvalue weighted by molar-refractivity contribution is 7.89. The molecule has 13 heteroatoms. The summed E-state index contributed by atoms with van der Waals surface area (Å²) in [5.41, 5.74) is 2.74. The van der Waals surface area contributed by atoms with Crippen LogP contribution in [0.15, 0.2) is 93.4 Å². The van der Waals surface area contributed by atoms with Crippen LogP contribution in [0, 0.1) is 10.1 Å². The summed E-state index contributed by atoms with van der Waals surface area (Å²) in [7, 11) is -3.61. The zero-order chi connectivity index (χ0) is 26.5. The molecule has 194 valence electrons. The highest BCUT2D eigenvalue weighted by atomic mass is 32.2. The minimum absolute atomic E-state index is 0.00794. The SMILES string of the molecule is O=[N+]([O-])c1ccc(-c2csc(=Nc3ccc(S(=O)(=O)N4CCOCC4)cc3)n2N=Cc2cccnc2)cc1. The maximum absolute atomic E-state index is 12.9. The average molecular weight is 551 g/mol. The van der Waals surface area contributed by atoms with E-state index in [9.17, 15) is 18.5 Å². The number of sulfonamides is 1. The second-order valence-corrected chi connectivity index (χ2v) is 10.9. The fraction of sp³-hybridized carbons (Fsp3) is 0.160. The number of nitrogens with zero attached hydrogens (tertiary/aromatic N) is 6. The topological polar surface area (TPSA) is 132 Å². The van der Waals surface area contributed by atoms with Crippen LogP contribution >= 0.6 is 11.3 Å². The highest BCUT2D eigenvalue weighted by Crippen LogP contribution is 2.24. The Balaban J connectivity index is 1.51. The fourth-order valence-corrected chi connectivity index (χ4v) is 6.02. The molecule has 0 unspecified atom stereocenters. The molecule has 1 saturated heterocycles. The number of rotatable bonds is 7. The van der Waals surface area contributed by atoms with Crippen molar-refractivity contribution in [3.8, 4) is 11.3 Å². The highest BCUT2D eigenvalue weighted by Gasteiger charge is 2.26. The van der Waals surface area contributed by atoms with Crippen LogP contribution in [0.25, 0.3) is 11.3 Å². The first kappa shape index (κ1) is 25.6. The predicted octanol–water partition coefficient (Wildman–Crippen LogP) is 3.66. The lowest BCUT2D eigenvalue weighted by Gasteiger charge is -2.26. The Morgan fingerprint density at radius 1 is 1.05 bits per heavy atom. The quantitative estimate of drug-likeness (QED) is 0.196. The van der Waals surface area contributed by atoms with Gasteiger partial charge in [-0.2, -0.15) is 9.41 Å². The van der Waals surface area contributed by atoms with Crippen LogP contribution in [0.2, 0.25) is 0 Å². The van der Waals surface area contributed by atoms with Gasteiger partial charge in [0.2, 0.25) is 14.8 Å². The van der Waals surface area contributed by atoms with Gasteiger partial charge in [-0.25, -0.2) is 18.1 Å². The smallest absolute Gasteiger partial charge is 0.269 e. The van der Waals surface area contributed by atoms with E-state index < -0.39 is 14.9 Å². The molecule has 0 radical (unpaired) electrons. The molecule has 11 nitrogen and oxygen atoms in total. The number of hydrogen-bond donors (Lipinski definition) is 0. The summed E-state index contributed by atoms with van der Waals surface area (Å²) in [5, 5.41) is 17.5. The Hall–Kier alpha value is -4.04. The second-order valence-electron chi connectivity index (χ2n) is 8.17. The number of thiazole rings is 1. The third-order valence-electron chi connectivity index (χ3n) is 5.74. The summed E-state index contributed by atoms with van der Waals surface area (Å²) in [6.07, 6.45) is 4.99. The minimum atomic E-state index is -3.61. The average Bonchev–Trinajstić information content (AvgIpc) is 3.35. The molecule has 4 aromatic rings. The Morgan fingerprint density at radius 3 is 2.45 bits per heavy atom. The van der Waals surface area contributed by atoms with Crippen LogP contribution in [0.1, 0.15) is 5.56 Å². The van der Waals surface area contributed by atoms with E-state index in [1.807, 2.05) is 11.4 Å². The van der Waals surface area contributed by atoms with Crippen LogP contribution in [0.4, 0.5) is 11.4 Å². The number of hydrogen-bond acceptors (Lipinski definition) is 9. The number of pyridine rings is 1. The first-order valence-electron chi connectivity index (χ1n) is 11.5. The molecule has 1 aliphatic rings. The predicted molar refractivity (Wildman–Crippen MR) is 143 cm³/mol. The van der Waals surface area contributed by atoms with E-state index >= 15 is 0 Å². The number of ether oxygens (including phenoxy) is 1. The lowest BCUT2D eigenvalue weighted by Crippen LogP contribution is -2.40. The summed E-state index contributed by atoms with van der Waals surface area (Å²) in [5.74, 6) is 0. The van der Waals surface area contributed by atoms with Gasteiger partial charge < -0.3 is 4.74 Å². The van der Waals surface area contributed by atoms with E-state index in [0.717, 1.165) is 11.1 Å². The van der Waals surface area contributed by atoms with Gasteiger partial charge in [-0.15, -0.1) is 11.3 Å². The normalized spacial score (nSPS) is 15.2. The fourth-order valence-electron chi connectivity index (χ4n) is 3.76. The van der Waals surface area contributed by atoms with Gasteiger partial charge in [-0.05, 0) is 42.5 Å². The van der Waals surface area contributed by atoms with E-state index in [4.69, 9.17) is 9.73 Å². The zero-order valence-corrected chi connectivity index (χ0v) is 21.6. The summed E-state index contributed by atoms with van der Waals surface area (Å²) in [4.78, 5) is 20.1. The molecule has 0 N–H and O–H groups in total. The van der Waals surface area contributed by atoms with Gasteiger partial charge in [0.15, 0.2) is 0 Å². The van der Waals surface area contributed by atoms with Crippen molar-refractivity contribution in [2.75, 3.05) is 26.3 Å². The van der Waals surface area contributed by atoms with Crippen LogP contribution in [0.3, 0.4) is 0 Å². The Morgan fingerprint density at radius 2 is 1.79 bits per heavy atom. The van der Waals surface area contributed by atoms with Crippen molar-refractivity contribution in [1.29, 1.82) is 0 Å². The van der Waals surface area contributed by atoms with Gasteiger partial charge in [0.25, 0.3) is 5.69 Å². The number of benzene rings is 2. The van der Waals surface area contributed by atoms with Gasteiger partial charge in [0, 0.05) is 54.1 Å². The minimum Gasteiger partial charge on any atom is -0.379 e. The largest absolute Gasteiger partial charge is 0.379 e. The van der Waals surface area contributed by atoms with Crippen molar-refractivity contribution >= 4 is 38.9 Å². The Kier molecular flexibility index (Phi) is 7.51. The maximum atomic E-state index is 12.9. The van der Waals surface area contributed by atoms with E-state index in [1.54, 1.807) is 53.6 Å². The number of non-ortho nitro benzene ring substituents is 1. The van der Waals surface area contributed by atoms with Crippen molar-refractivity contribution in [3.05, 3.63) is 98.9 Å². The van der Waals surface area contributed by atoms with E-state index in [0.29, 0.717) is 42.5 Å². The van der Waals surface area contributed by atoms with Crippen molar-refractivity contribution in [1.82, 2.24) is 14.0 Å². The first-order chi connectivity index (χ1) is 18.4. The Bertz CT molecular complexity index is 1620. The maximum Gasteiger partial charge on any atom is 0.269 e. The van der Waals surface area contributed by atoms with E-state index in [2.05, 4.69) is 10.1 Å². The summed E-state index contributed by atoms with van der Waals surface area (Å²) < 4.78 is 34.2. The molecule has 0 bridgehead atoms. The Labute approximate surface area is 222 Å². The molecule has 2 aromatic carbocycles. The monoisotopic (exact) mass is 550 g/mol. The standard InChI is InChI=1S/C25H22N6O5S2/c32-31(33)22-7-3-20(4-8-22)24-18-37-25(30(24)27-17-19-2-1-11-26-16-19)28-21-5-9-23(10-6-21)38(34,35)29-12-14-36-15-13-29/h1-11,16-18H,12-15H2. The molecule has 3 heterocycles. The molecule has 0 aliphatic carbocycles. The zero-order valence-electron chi connectivity index (χ0n) is 20.0.